The molecule has 11 heavy (non-hydrogen) atoms. The topological polar surface area (TPSA) is 0 Å². The zero-order valence-electron chi connectivity index (χ0n) is 6.69. The van der Waals surface area contributed by atoms with Crippen molar-refractivity contribution in [3.05, 3.63) is 34.6 Å². The second-order valence-corrected chi connectivity index (χ2v) is 3.03. The molecule has 60 valence electrons. The molecular formula is C9H11FS. The van der Waals surface area contributed by atoms with Crippen molar-refractivity contribution in [2.45, 2.75) is 19.6 Å². The molecule has 0 saturated carbocycles. The summed E-state index contributed by atoms with van der Waals surface area (Å²) in [5, 5.41) is 0. The molecule has 0 heterocycles. The minimum absolute atomic E-state index is 0.120. The fourth-order valence-corrected chi connectivity index (χ4v) is 1.38. The summed E-state index contributed by atoms with van der Waals surface area (Å²) < 4.78 is 13.1. The number of aryl methyl sites for hydroxylation is 2. The molecule has 0 nitrogen and oxygen atoms in total. The molecule has 0 aliphatic rings. The lowest BCUT2D eigenvalue weighted by atomic mass is 10.1. The molecule has 1 aromatic rings. The van der Waals surface area contributed by atoms with Gasteiger partial charge in [0.1, 0.15) is 5.82 Å². The van der Waals surface area contributed by atoms with Crippen LogP contribution in [0.3, 0.4) is 0 Å². The maximum Gasteiger partial charge on any atom is 0.130 e. The average molecular weight is 170 g/mol. The van der Waals surface area contributed by atoms with Gasteiger partial charge in [0.15, 0.2) is 0 Å². The highest BCUT2D eigenvalue weighted by Gasteiger charge is 2.03. The molecule has 0 spiro atoms. The van der Waals surface area contributed by atoms with E-state index in [1.807, 2.05) is 19.1 Å². The van der Waals surface area contributed by atoms with E-state index in [4.69, 9.17) is 0 Å². The number of rotatable bonds is 1. The maximum atomic E-state index is 13.1. The highest BCUT2D eigenvalue weighted by molar-refractivity contribution is 7.79. The van der Waals surface area contributed by atoms with E-state index >= 15 is 0 Å². The minimum atomic E-state index is -0.120. The van der Waals surface area contributed by atoms with Crippen molar-refractivity contribution in [2.24, 2.45) is 0 Å². The standard InChI is InChI=1S/C9H11FS/c1-6-3-7(2)9(10)8(4-6)5-11/h3-4,11H,5H2,1-2H3. The van der Waals surface area contributed by atoms with Gasteiger partial charge in [-0.1, -0.05) is 17.7 Å². The Balaban J connectivity index is 3.24. The van der Waals surface area contributed by atoms with Crippen LogP contribution in [-0.4, -0.2) is 0 Å². The molecule has 0 atom stereocenters. The normalized spacial score (nSPS) is 10.2. The van der Waals surface area contributed by atoms with Crippen molar-refractivity contribution in [2.75, 3.05) is 0 Å². The summed E-state index contributed by atoms with van der Waals surface area (Å²) in [6.45, 7) is 3.73. The summed E-state index contributed by atoms with van der Waals surface area (Å²) in [7, 11) is 0. The van der Waals surface area contributed by atoms with E-state index in [1.165, 1.54) is 0 Å². The lowest BCUT2D eigenvalue weighted by molar-refractivity contribution is 0.607. The van der Waals surface area contributed by atoms with Gasteiger partial charge in [0.05, 0.1) is 0 Å². The van der Waals surface area contributed by atoms with Crippen molar-refractivity contribution >= 4 is 12.6 Å². The van der Waals surface area contributed by atoms with Crippen LogP contribution in [-0.2, 0) is 5.75 Å². The third-order valence-corrected chi connectivity index (χ3v) is 1.99. The third kappa shape index (κ3) is 1.74. The van der Waals surface area contributed by atoms with Crippen molar-refractivity contribution in [3.8, 4) is 0 Å². The van der Waals surface area contributed by atoms with Gasteiger partial charge in [-0.3, -0.25) is 0 Å². The lowest BCUT2D eigenvalue weighted by Crippen LogP contribution is -1.91. The zero-order chi connectivity index (χ0) is 8.43. The van der Waals surface area contributed by atoms with E-state index in [2.05, 4.69) is 12.6 Å². The van der Waals surface area contributed by atoms with E-state index < -0.39 is 0 Å². The molecule has 2 heteroatoms. The highest BCUT2D eigenvalue weighted by Crippen LogP contribution is 2.16. The Morgan fingerprint density at radius 3 is 2.55 bits per heavy atom. The number of hydrogen-bond donors (Lipinski definition) is 1. The molecule has 0 aliphatic carbocycles. The van der Waals surface area contributed by atoms with E-state index in [-0.39, 0.29) is 5.82 Å². The first-order valence-corrected chi connectivity index (χ1v) is 4.15. The van der Waals surface area contributed by atoms with Crippen molar-refractivity contribution < 1.29 is 4.39 Å². The molecule has 0 N–H and O–H groups in total. The fraction of sp³-hybridized carbons (Fsp3) is 0.333. The van der Waals surface area contributed by atoms with Gasteiger partial charge in [-0.25, -0.2) is 4.39 Å². The zero-order valence-corrected chi connectivity index (χ0v) is 7.58. The van der Waals surface area contributed by atoms with E-state index in [1.54, 1.807) is 6.92 Å². The van der Waals surface area contributed by atoms with Gasteiger partial charge in [-0.2, -0.15) is 12.6 Å². The summed E-state index contributed by atoms with van der Waals surface area (Å²) in [5.41, 5.74) is 2.48. The molecule has 1 rings (SSSR count). The summed E-state index contributed by atoms with van der Waals surface area (Å²) in [5.74, 6) is 0.347. The second kappa shape index (κ2) is 3.26. The van der Waals surface area contributed by atoms with Crippen molar-refractivity contribution in [1.82, 2.24) is 0 Å². The predicted molar refractivity (Wildman–Crippen MR) is 48.6 cm³/mol. The van der Waals surface area contributed by atoms with E-state index in [0.717, 1.165) is 5.56 Å². The highest BCUT2D eigenvalue weighted by atomic mass is 32.1. The lowest BCUT2D eigenvalue weighted by Gasteiger charge is -2.03. The monoisotopic (exact) mass is 170 g/mol. The molecular weight excluding hydrogens is 159 g/mol. The molecule has 1 aromatic carbocycles. The van der Waals surface area contributed by atoms with Gasteiger partial charge < -0.3 is 0 Å². The third-order valence-electron chi connectivity index (χ3n) is 1.64. The molecule has 0 unspecified atom stereocenters. The van der Waals surface area contributed by atoms with E-state index in [0.29, 0.717) is 16.9 Å². The molecule has 0 radical (unpaired) electrons. The number of benzene rings is 1. The number of thiol groups is 1. The fourth-order valence-electron chi connectivity index (χ4n) is 1.15. The van der Waals surface area contributed by atoms with E-state index in [9.17, 15) is 4.39 Å². The SMILES string of the molecule is Cc1cc(C)c(F)c(CS)c1. The quantitative estimate of drug-likeness (QED) is 0.615. The van der Waals surface area contributed by atoms with Gasteiger partial charge >= 0.3 is 0 Å². The maximum absolute atomic E-state index is 13.1. The van der Waals surface area contributed by atoms with Crippen LogP contribution in [0, 0.1) is 19.7 Å². The minimum Gasteiger partial charge on any atom is -0.206 e. The van der Waals surface area contributed by atoms with Crippen LogP contribution in [0.4, 0.5) is 4.39 Å². The molecule has 0 amide bonds. The molecule has 0 bridgehead atoms. The Labute approximate surface area is 71.8 Å². The average Bonchev–Trinajstić information content (AvgIpc) is 1.96. The first kappa shape index (κ1) is 8.60. The molecule has 0 aliphatic heterocycles. The smallest absolute Gasteiger partial charge is 0.130 e. The Kier molecular flexibility index (Phi) is 2.55. The Morgan fingerprint density at radius 1 is 1.36 bits per heavy atom. The van der Waals surface area contributed by atoms with Crippen LogP contribution in [0.15, 0.2) is 12.1 Å². The van der Waals surface area contributed by atoms with Crippen molar-refractivity contribution in [3.63, 3.8) is 0 Å². The number of hydrogen-bond acceptors (Lipinski definition) is 1. The molecule has 0 aromatic heterocycles. The van der Waals surface area contributed by atoms with Crippen LogP contribution in [0.5, 0.6) is 0 Å². The molecule has 0 fully saturated rings. The first-order valence-electron chi connectivity index (χ1n) is 3.51. The van der Waals surface area contributed by atoms with Crippen LogP contribution in [0.2, 0.25) is 0 Å². The second-order valence-electron chi connectivity index (χ2n) is 2.71. The van der Waals surface area contributed by atoms with Crippen LogP contribution < -0.4 is 0 Å². The Bertz CT molecular complexity index is 269. The Hall–Kier alpha value is -0.500. The van der Waals surface area contributed by atoms with Crippen LogP contribution >= 0.6 is 12.6 Å². The predicted octanol–water partition coefficient (Wildman–Crippen LogP) is 2.87. The van der Waals surface area contributed by atoms with Gasteiger partial charge in [-0.05, 0) is 25.0 Å². The van der Waals surface area contributed by atoms with Gasteiger partial charge in [-0.15, -0.1) is 0 Å². The summed E-state index contributed by atoms with van der Waals surface area (Å²) in [6, 6.07) is 3.66. The van der Waals surface area contributed by atoms with Gasteiger partial charge in [0.25, 0.3) is 0 Å². The number of halogens is 1. The first-order chi connectivity index (χ1) is 5.15. The summed E-state index contributed by atoms with van der Waals surface area (Å²) in [6.07, 6.45) is 0. The molecule has 0 saturated heterocycles. The van der Waals surface area contributed by atoms with Gasteiger partial charge in [0.2, 0.25) is 0 Å². The van der Waals surface area contributed by atoms with Crippen molar-refractivity contribution in [1.29, 1.82) is 0 Å². The van der Waals surface area contributed by atoms with Gasteiger partial charge in [0, 0.05) is 5.75 Å². The van der Waals surface area contributed by atoms with Crippen LogP contribution in [0.1, 0.15) is 16.7 Å². The summed E-state index contributed by atoms with van der Waals surface area (Å²) >= 11 is 4.03. The largest absolute Gasteiger partial charge is 0.206 e. The summed E-state index contributed by atoms with van der Waals surface area (Å²) in [4.78, 5) is 0. The Morgan fingerprint density at radius 2 is 2.00 bits per heavy atom. The van der Waals surface area contributed by atoms with Crippen LogP contribution in [0.25, 0.3) is 0 Å².